The van der Waals surface area contributed by atoms with Crippen LogP contribution in [0.1, 0.15) is 27.7 Å². The lowest BCUT2D eigenvalue weighted by Gasteiger charge is -2.28. The molecule has 4 heteroatoms. The molecule has 2 aromatic rings. The van der Waals surface area contributed by atoms with Crippen molar-refractivity contribution in [1.29, 1.82) is 5.26 Å². The van der Waals surface area contributed by atoms with E-state index in [1.54, 1.807) is 18.2 Å². The second-order valence-electron chi connectivity index (χ2n) is 4.33. The van der Waals surface area contributed by atoms with Gasteiger partial charge in [0.2, 0.25) is 0 Å². The summed E-state index contributed by atoms with van der Waals surface area (Å²) >= 11 is 0. The van der Waals surface area contributed by atoms with Crippen molar-refractivity contribution in [2.75, 3.05) is 5.32 Å². The Kier molecular flexibility index (Phi) is 2.66. The zero-order valence-corrected chi connectivity index (χ0v) is 10.1. The van der Waals surface area contributed by atoms with Crippen LogP contribution in [-0.4, -0.2) is 5.91 Å². The van der Waals surface area contributed by atoms with E-state index in [4.69, 9.17) is 5.26 Å². The molecule has 92 valence electrons. The lowest BCUT2D eigenvalue weighted by Crippen LogP contribution is -2.38. The SMILES string of the molecule is N#Cc1ccc([C@H]2NC(=O)c3ccccc3N2)cc1. The molecule has 0 saturated heterocycles. The van der Waals surface area contributed by atoms with Crippen LogP contribution < -0.4 is 10.6 Å². The predicted octanol–water partition coefficient (Wildman–Crippen LogP) is 2.41. The fraction of sp³-hybridized carbons (Fsp3) is 0.0667. The lowest BCUT2D eigenvalue weighted by atomic mass is 10.0. The van der Waals surface area contributed by atoms with Crippen LogP contribution in [-0.2, 0) is 0 Å². The Hall–Kier alpha value is -2.80. The molecule has 0 bridgehead atoms. The van der Waals surface area contributed by atoms with Crippen LogP contribution in [0.2, 0.25) is 0 Å². The number of rotatable bonds is 1. The maximum absolute atomic E-state index is 12.0. The third kappa shape index (κ3) is 2.02. The van der Waals surface area contributed by atoms with Gasteiger partial charge < -0.3 is 10.6 Å². The van der Waals surface area contributed by atoms with Gasteiger partial charge in [0.05, 0.1) is 17.2 Å². The Labute approximate surface area is 110 Å². The first-order valence-electron chi connectivity index (χ1n) is 5.94. The molecule has 0 saturated carbocycles. The first-order valence-corrected chi connectivity index (χ1v) is 5.94. The minimum atomic E-state index is -0.268. The van der Waals surface area contributed by atoms with Crippen LogP contribution in [0, 0.1) is 11.3 Å². The average Bonchev–Trinajstić information content (AvgIpc) is 2.47. The molecule has 0 aliphatic carbocycles. The molecule has 0 fully saturated rings. The number of carbonyl (C=O) groups excluding carboxylic acids is 1. The topological polar surface area (TPSA) is 64.9 Å². The minimum Gasteiger partial charge on any atom is -0.361 e. The molecule has 4 nitrogen and oxygen atoms in total. The first kappa shape index (κ1) is 11.3. The number of hydrogen-bond donors (Lipinski definition) is 2. The van der Waals surface area contributed by atoms with Crippen molar-refractivity contribution >= 4 is 11.6 Å². The van der Waals surface area contributed by atoms with Crippen LogP contribution in [0.4, 0.5) is 5.69 Å². The predicted molar refractivity (Wildman–Crippen MR) is 71.4 cm³/mol. The number of para-hydroxylation sites is 1. The molecule has 0 unspecified atom stereocenters. The summed E-state index contributed by atoms with van der Waals surface area (Å²) in [4.78, 5) is 12.0. The van der Waals surface area contributed by atoms with E-state index in [0.717, 1.165) is 11.3 Å². The van der Waals surface area contributed by atoms with E-state index in [9.17, 15) is 4.79 Å². The fourth-order valence-electron chi connectivity index (χ4n) is 2.12. The van der Waals surface area contributed by atoms with Crippen molar-refractivity contribution < 1.29 is 4.79 Å². The highest BCUT2D eigenvalue weighted by Crippen LogP contribution is 2.26. The van der Waals surface area contributed by atoms with E-state index in [-0.39, 0.29) is 12.1 Å². The average molecular weight is 249 g/mol. The maximum Gasteiger partial charge on any atom is 0.255 e. The van der Waals surface area contributed by atoms with Crippen molar-refractivity contribution in [1.82, 2.24) is 5.32 Å². The molecular weight excluding hydrogens is 238 g/mol. The molecule has 1 aliphatic rings. The smallest absolute Gasteiger partial charge is 0.255 e. The summed E-state index contributed by atoms with van der Waals surface area (Å²) in [7, 11) is 0. The highest BCUT2D eigenvalue weighted by molar-refractivity contribution is 6.01. The van der Waals surface area contributed by atoms with Crippen LogP contribution in [0.3, 0.4) is 0 Å². The number of nitrogens with one attached hydrogen (secondary N) is 2. The number of fused-ring (bicyclic) bond motifs is 1. The molecule has 0 spiro atoms. The van der Waals surface area contributed by atoms with Crippen molar-refractivity contribution in [3.63, 3.8) is 0 Å². The quantitative estimate of drug-likeness (QED) is 0.815. The summed E-state index contributed by atoms with van der Waals surface area (Å²) < 4.78 is 0. The number of nitrogens with zero attached hydrogens (tertiary/aromatic N) is 1. The van der Waals surface area contributed by atoms with E-state index in [1.807, 2.05) is 30.3 Å². The van der Waals surface area contributed by atoms with Crippen LogP contribution >= 0.6 is 0 Å². The highest BCUT2D eigenvalue weighted by Gasteiger charge is 2.23. The highest BCUT2D eigenvalue weighted by atomic mass is 16.2. The third-order valence-corrected chi connectivity index (χ3v) is 3.12. The van der Waals surface area contributed by atoms with Gasteiger partial charge in [-0.05, 0) is 29.8 Å². The van der Waals surface area contributed by atoms with Gasteiger partial charge >= 0.3 is 0 Å². The van der Waals surface area contributed by atoms with Crippen molar-refractivity contribution in [2.24, 2.45) is 0 Å². The Balaban J connectivity index is 1.92. The van der Waals surface area contributed by atoms with Gasteiger partial charge in [-0.1, -0.05) is 24.3 Å². The van der Waals surface area contributed by atoms with Gasteiger partial charge in [0.25, 0.3) is 5.91 Å². The third-order valence-electron chi connectivity index (χ3n) is 3.12. The molecule has 1 aliphatic heterocycles. The monoisotopic (exact) mass is 249 g/mol. The molecule has 3 rings (SSSR count). The standard InChI is InChI=1S/C15H11N3O/c16-9-10-5-7-11(8-6-10)14-17-13-4-2-1-3-12(13)15(19)18-14/h1-8,14,17H,(H,18,19)/t14-/m1/s1. The summed E-state index contributed by atoms with van der Waals surface area (Å²) in [6, 6.07) is 16.6. The Morgan fingerprint density at radius 3 is 2.47 bits per heavy atom. The maximum atomic E-state index is 12.0. The lowest BCUT2D eigenvalue weighted by molar-refractivity contribution is 0.0935. The van der Waals surface area contributed by atoms with Crippen molar-refractivity contribution in [3.8, 4) is 6.07 Å². The number of nitriles is 1. The van der Waals surface area contributed by atoms with E-state index >= 15 is 0 Å². The molecule has 1 heterocycles. The van der Waals surface area contributed by atoms with Crippen LogP contribution in [0.15, 0.2) is 48.5 Å². The van der Waals surface area contributed by atoms with Gasteiger partial charge in [0.15, 0.2) is 0 Å². The number of anilines is 1. The number of hydrogen-bond acceptors (Lipinski definition) is 3. The largest absolute Gasteiger partial charge is 0.361 e. The Bertz CT molecular complexity index is 671. The van der Waals surface area contributed by atoms with Gasteiger partial charge in [0.1, 0.15) is 6.17 Å². The number of carbonyl (C=O) groups is 1. The second kappa shape index (κ2) is 4.46. The molecular formula is C15H11N3O. The molecule has 19 heavy (non-hydrogen) atoms. The van der Waals surface area contributed by atoms with Crippen LogP contribution in [0.5, 0.6) is 0 Å². The van der Waals surface area contributed by atoms with E-state index in [0.29, 0.717) is 11.1 Å². The van der Waals surface area contributed by atoms with Crippen molar-refractivity contribution in [3.05, 3.63) is 65.2 Å². The molecule has 1 atom stereocenters. The number of benzene rings is 2. The zero-order valence-electron chi connectivity index (χ0n) is 10.1. The molecule has 1 amide bonds. The van der Waals surface area contributed by atoms with Gasteiger partial charge in [-0.25, -0.2) is 0 Å². The number of amides is 1. The minimum absolute atomic E-state index is 0.0938. The molecule has 2 aromatic carbocycles. The molecule has 0 radical (unpaired) electrons. The van der Waals surface area contributed by atoms with Gasteiger partial charge in [0, 0.05) is 5.69 Å². The molecule has 2 N–H and O–H groups in total. The zero-order chi connectivity index (χ0) is 13.2. The summed E-state index contributed by atoms with van der Waals surface area (Å²) in [5.41, 5.74) is 2.99. The van der Waals surface area contributed by atoms with E-state index in [2.05, 4.69) is 16.7 Å². The summed E-state index contributed by atoms with van der Waals surface area (Å²) in [6.45, 7) is 0. The summed E-state index contributed by atoms with van der Waals surface area (Å²) in [6.07, 6.45) is -0.268. The Morgan fingerprint density at radius 1 is 1.00 bits per heavy atom. The van der Waals surface area contributed by atoms with Crippen molar-refractivity contribution in [2.45, 2.75) is 6.17 Å². The normalized spacial score (nSPS) is 16.8. The summed E-state index contributed by atoms with van der Waals surface area (Å²) in [5, 5.41) is 14.9. The van der Waals surface area contributed by atoms with E-state index < -0.39 is 0 Å². The van der Waals surface area contributed by atoms with E-state index in [1.165, 1.54) is 0 Å². The van der Waals surface area contributed by atoms with Gasteiger partial charge in [-0.3, -0.25) is 4.79 Å². The first-order chi connectivity index (χ1) is 9.28. The molecule has 0 aromatic heterocycles. The van der Waals surface area contributed by atoms with Gasteiger partial charge in [-0.15, -0.1) is 0 Å². The Morgan fingerprint density at radius 2 is 1.74 bits per heavy atom. The summed E-state index contributed by atoms with van der Waals surface area (Å²) in [5.74, 6) is -0.0938. The van der Waals surface area contributed by atoms with Crippen LogP contribution in [0.25, 0.3) is 0 Å². The fourth-order valence-corrected chi connectivity index (χ4v) is 2.12. The second-order valence-corrected chi connectivity index (χ2v) is 4.33. The van der Waals surface area contributed by atoms with Gasteiger partial charge in [-0.2, -0.15) is 5.26 Å².